The van der Waals surface area contributed by atoms with E-state index in [2.05, 4.69) is 29.6 Å². The van der Waals surface area contributed by atoms with Gasteiger partial charge < -0.3 is 10.6 Å². The molecule has 0 saturated heterocycles. The van der Waals surface area contributed by atoms with Gasteiger partial charge in [-0.3, -0.25) is 0 Å². The molecule has 0 aliphatic carbocycles. The number of allylic oxidation sites excluding steroid dienone is 1. The SMILES string of the molecule is C=CCCCN(C)c1cc([C@H](C)N)ccn1. The first-order chi connectivity index (χ1) is 7.65. The zero-order valence-electron chi connectivity index (χ0n) is 10.2. The van der Waals surface area contributed by atoms with E-state index in [9.17, 15) is 0 Å². The Morgan fingerprint density at radius 3 is 3.00 bits per heavy atom. The molecule has 16 heavy (non-hydrogen) atoms. The Morgan fingerprint density at radius 2 is 2.38 bits per heavy atom. The van der Waals surface area contributed by atoms with E-state index < -0.39 is 0 Å². The molecule has 1 aromatic heterocycles. The van der Waals surface area contributed by atoms with Crippen molar-refractivity contribution in [1.29, 1.82) is 0 Å². The van der Waals surface area contributed by atoms with E-state index in [1.54, 1.807) is 0 Å². The summed E-state index contributed by atoms with van der Waals surface area (Å²) in [6.07, 6.45) is 5.90. The first kappa shape index (κ1) is 12.7. The molecule has 2 N–H and O–H groups in total. The van der Waals surface area contributed by atoms with E-state index >= 15 is 0 Å². The highest BCUT2D eigenvalue weighted by atomic mass is 15.2. The van der Waals surface area contributed by atoms with Crippen LogP contribution in [-0.2, 0) is 0 Å². The number of aromatic nitrogens is 1. The number of hydrogen-bond donors (Lipinski definition) is 1. The lowest BCUT2D eigenvalue weighted by atomic mass is 10.1. The van der Waals surface area contributed by atoms with Crippen molar-refractivity contribution >= 4 is 5.82 Å². The van der Waals surface area contributed by atoms with E-state index in [4.69, 9.17) is 5.73 Å². The molecule has 0 amide bonds. The van der Waals surface area contributed by atoms with Gasteiger partial charge in [-0.2, -0.15) is 0 Å². The van der Waals surface area contributed by atoms with Crippen LogP contribution in [0, 0.1) is 0 Å². The Morgan fingerprint density at radius 1 is 1.62 bits per heavy atom. The van der Waals surface area contributed by atoms with Crippen molar-refractivity contribution < 1.29 is 0 Å². The molecule has 3 heteroatoms. The van der Waals surface area contributed by atoms with Gasteiger partial charge in [0, 0.05) is 25.8 Å². The lowest BCUT2D eigenvalue weighted by Crippen LogP contribution is -2.20. The number of rotatable bonds is 6. The van der Waals surface area contributed by atoms with Gasteiger partial charge in [0.05, 0.1) is 0 Å². The van der Waals surface area contributed by atoms with Crippen LogP contribution >= 0.6 is 0 Å². The zero-order chi connectivity index (χ0) is 12.0. The third kappa shape index (κ3) is 3.66. The average molecular weight is 219 g/mol. The Kier molecular flexibility index (Phi) is 4.99. The molecule has 0 radical (unpaired) electrons. The summed E-state index contributed by atoms with van der Waals surface area (Å²) in [5.41, 5.74) is 6.97. The molecule has 0 aliphatic rings. The van der Waals surface area contributed by atoms with Gasteiger partial charge in [0.25, 0.3) is 0 Å². The third-order valence-electron chi connectivity index (χ3n) is 2.59. The molecule has 0 aromatic carbocycles. The fourth-order valence-electron chi connectivity index (χ4n) is 1.51. The summed E-state index contributed by atoms with van der Waals surface area (Å²) >= 11 is 0. The van der Waals surface area contributed by atoms with Crippen molar-refractivity contribution in [2.45, 2.75) is 25.8 Å². The van der Waals surface area contributed by atoms with Crippen LogP contribution in [0.3, 0.4) is 0 Å². The van der Waals surface area contributed by atoms with Crippen molar-refractivity contribution in [3.8, 4) is 0 Å². The van der Waals surface area contributed by atoms with Crippen LogP contribution in [-0.4, -0.2) is 18.6 Å². The maximum Gasteiger partial charge on any atom is 0.128 e. The second-order valence-electron chi connectivity index (χ2n) is 4.09. The summed E-state index contributed by atoms with van der Waals surface area (Å²) in [4.78, 5) is 6.49. The van der Waals surface area contributed by atoms with Crippen molar-refractivity contribution in [3.05, 3.63) is 36.5 Å². The predicted octanol–water partition coefficient (Wildman–Crippen LogP) is 2.50. The van der Waals surface area contributed by atoms with Gasteiger partial charge in [0.15, 0.2) is 0 Å². The summed E-state index contributed by atoms with van der Waals surface area (Å²) in [6, 6.07) is 4.08. The summed E-state index contributed by atoms with van der Waals surface area (Å²) in [5, 5.41) is 0. The lowest BCUT2D eigenvalue weighted by Gasteiger charge is -2.19. The maximum absolute atomic E-state index is 5.84. The Labute approximate surface area is 98.0 Å². The van der Waals surface area contributed by atoms with Crippen LogP contribution in [0.15, 0.2) is 31.0 Å². The molecular formula is C13H21N3. The van der Waals surface area contributed by atoms with Crippen LogP contribution in [0.2, 0.25) is 0 Å². The number of anilines is 1. The van der Waals surface area contributed by atoms with E-state index in [1.807, 2.05) is 25.3 Å². The fraction of sp³-hybridized carbons (Fsp3) is 0.462. The highest BCUT2D eigenvalue weighted by Gasteiger charge is 2.05. The summed E-state index contributed by atoms with van der Waals surface area (Å²) in [5.74, 6) is 0.985. The second-order valence-corrected chi connectivity index (χ2v) is 4.09. The largest absolute Gasteiger partial charge is 0.360 e. The molecule has 0 unspecified atom stereocenters. The van der Waals surface area contributed by atoms with Gasteiger partial charge in [-0.25, -0.2) is 4.98 Å². The van der Waals surface area contributed by atoms with Gasteiger partial charge in [-0.15, -0.1) is 6.58 Å². The summed E-state index contributed by atoms with van der Waals surface area (Å²) < 4.78 is 0. The van der Waals surface area contributed by atoms with Crippen LogP contribution < -0.4 is 10.6 Å². The normalized spacial score (nSPS) is 12.2. The quantitative estimate of drug-likeness (QED) is 0.590. The molecule has 0 aliphatic heterocycles. The first-order valence-electron chi connectivity index (χ1n) is 5.68. The Bertz CT molecular complexity index is 334. The van der Waals surface area contributed by atoms with Gasteiger partial charge in [0.1, 0.15) is 5.82 Å². The number of nitrogens with zero attached hydrogens (tertiary/aromatic N) is 2. The minimum Gasteiger partial charge on any atom is -0.360 e. The monoisotopic (exact) mass is 219 g/mol. The number of nitrogens with two attached hydrogens (primary N) is 1. The van der Waals surface area contributed by atoms with Crippen LogP contribution in [0.25, 0.3) is 0 Å². The van der Waals surface area contributed by atoms with Crippen LogP contribution in [0.5, 0.6) is 0 Å². The van der Waals surface area contributed by atoms with Crippen molar-refractivity contribution in [2.24, 2.45) is 5.73 Å². The molecule has 1 atom stereocenters. The van der Waals surface area contributed by atoms with Gasteiger partial charge in [0.2, 0.25) is 0 Å². The third-order valence-corrected chi connectivity index (χ3v) is 2.59. The summed E-state index contributed by atoms with van der Waals surface area (Å²) in [7, 11) is 2.05. The van der Waals surface area contributed by atoms with Gasteiger partial charge >= 0.3 is 0 Å². The molecule has 0 fully saturated rings. The average Bonchev–Trinajstić information content (AvgIpc) is 2.29. The topological polar surface area (TPSA) is 42.1 Å². The van der Waals surface area contributed by atoms with Gasteiger partial charge in [-0.05, 0) is 37.5 Å². The fourth-order valence-corrected chi connectivity index (χ4v) is 1.51. The first-order valence-corrected chi connectivity index (χ1v) is 5.68. The predicted molar refractivity (Wildman–Crippen MR) is 69.5 cm³/mol. The van der Waals surface area contributed by atoms with Gasteiger partial charge in [-0.1, -0.05) is 6.08 Å². The highest BCUT2D eigenvalue weighted by molar-refractivity contribution is 5.40. The number of pyridine rings is 1. The smallest absolute Gasteiger partial charge is 0.128 e. The minimum absolute atomic E-state index is 0.0586. The number of hydrogen-bond acceptors (Lipinski definition) is 3. The van der Waals surface area contributed by atoms with E-state index in [0.717, 1.165) is 30.8 Å². The van der Waals surface area contributed by atoms with Crippen LogP contribution in [0.4, 0.5) is 5.82 Å². The Balaban J connectivity index is 2.64. The molecule has 3 nitrogen and oxygen atoms in total. The molecule has 0 bridgehead atoms. The Hall–Kier alpha value is -1.35. The molecule has 1 aromatic rings. The van der Waals surface area contributed by atoms with Crippen molar-refractivity contribution in [1.82, 2.24) is 4.98 Å². The standard InChI is InChI=1S/C13H21N3/c1-4-5-6-9-16(3)13-10-12(11(2)14)7-8-15-13/h4,7-8,10-11H,1,5-6,9,14H2,2-3H3/t11-/m0/s1. The van der Waals surface area contributed by atoms with E-state index in [1.165, 1.54) is 0 Å². The maximum atomic E-state index is 5.84. The molecule has 1 heterocycles. The van der Waals surface area contributed by atoms with Crippen molar-refractivity contribution in [2.75, 3.05) is 18.5 Å². The molecule has 88 valence electrons. The summed E-state index contributed by atoms with van der Waals surface area (Å²) in [6.45, 7) is 6.69. The van der Waals surface area contributed by atoms with E-state index in [-0.39, 0.29) is 6.04 Å². The minimum atomic E-state index is 0.0586. The highest BCUT2D eigenvalue weighted by Crippen LogP contribution is 2.15. The molecule has 0 spiro atoms. The number of unbranched alkanes of at least 4 members (excludes halogenated alkanes) is 1. The lowest BCUT2D eigenvalue weighted by molar-refractivity contribution is 0.782. The zero-order valence-corrected chi connectivity index (χ0v) is 10.2. The second kappa shape index (κ2) is 6.28. The molecule has 1 rings (SSSR count). The molecular weight excluding hydrogens is 198 g/mol. The van der Waals surface area contributed by atoms with E-state index in [0.29, 0.717) is 0 Å². The molecule has 0 saturated carbocycles. The van der Waals surface area contributed by atoms with Crippen molar-refractivity contribution in [3.63, 3.8) is 0 Å². The van der Waals surface area contributed by atoms with Crippen LogP contribution in [0.1, 0.15) is 31.4 Å².